The molecule has 1 aromatic rings. The monoisotopic (exact) mass is 194 g/mol. The maximum absolute atomic E-state index is 8.70. The molecule has 14 heavy (non-hydrogen) atoms. The van der Waals surface area contributed by atoms with Crippen LogP contribution in [0.5, 0.6) is 0 Å². The van der Waals surface area contributed by atoms with Gasteiger partial charge in [-0.15, -0.1) is 0 Å². The lowest BCUT2D eigenvalue weighted by Gasteiger charge is -2.10. The average molecular weight is 194 g/mol. The Kier molecular flexibility index (Phi) is 5.27. The summed E-state index contributed by atoms with van der Waals surface area (Å²) < 4.78 is 5.52. The summed E-state index contributed by atoms with van der Waals surface area (Å²) in [5.41, 5.74) is 1.20. The average Bonchev–Trinajstić information content (AvgIpc) is 2.20. The van der Waals surface area contributed by atoms with Gasteiger partial charge in [-0.25, -0.2) is 0 Å². The lowest BCUT2D eigenvalue weighted by atomic mass is 10.1. The van der Waals surface area contributed by atoms with Crippen molar-refractivity contribution >= 4 is 0 Å². The number of hydrogen-bond acceptors (Lipinski definition) is 2. The van der Waals surface area contributed by atoms with Crippen molar-refractivity contribution in [3.8, 4) is 0 Å². The summed E-state index contributed by atoms with van der Waals surface area (Å²) >= 11 is 0. The van der Waals surface area contributed by atoms with Crippen molar-refractivity contribution in [1.82, 2.24) is 0 Å². The highest BCUT2D eigenvalue weighted by Gasteiger charge is 2.00. The SMILES string of the molecule is C[C@@H](CCO)COCc1ccccc1. The van der Waals surface area contributed by atoms with Crippen molar-refractivity contribution in [2.75, 3.05) is 13.2 Å². The Balaban J connectivity index is 2.16. The maximum Gasteiger partial charge on any atom is 0.0717 e. The van der Waals surface area contributed by atoms with Gasteiger partial charge in [0, 0.05) is 13.2 Å². The number of ether oxygens (including phenoxy) is 1. The molecule has 1 rings (SSSR count). The number of hydrogen-bond donors (Lipinski definition) is 1. The van der Waals surface area contributed by atoms with Crippen molar-refractivity contribution < 1.29 is 9.84 Å². The first-order chi connectivity index (χ1) is 6.83. The van der Waals surface area contributed by atoms with Gasteiger partial charge >= 0.3 is 0 Å². The number of aliphatic hydroxyl groups is 1. The van der Waals surface area contributed by atoms with Crippen LogP contribution in [0.25, 0.3) is 0 Å². The van der Waals surface area contributed by atoms with Gasteiger partial charge in [-0.1, -0.05) is 37.3 Å². The quantitative estimate of drug-likeness (QED) is 0.752. The highest BCUT2D eigenvalue weighted by molar-refractivity contribution is 5.13. The zero-order valence-corrected chi connectivity index (χ0v) is 8.65. The molecule has 1 N–H and O–H groups in total. The van der Waals surface area contributed by atoms with Gasteiger partial charge in [0.25, 0.3) is 0 Å². The molecule has 0 unspecified atom stereocenters. The minimum absolute atomic E-state index is 0.246. The largest absolute Gasteiger partial charge is 0.396 e. The fourth-order valence-corrected chi connectivity index (χ4v) is 1.26. The molecule has 2 nitrogen and oxygen atoms in total. The first kappa shape index (κ1) is 11.2. The molecular weight excluding hydrogens is 176 g/mol. The molecule has 0 saturated heterocycles. The summed E-state index contributed by atoms with van der Waals surface area (Å²) in [5.74, 6) is 0.434. The Morgan fingerprint density at radius 1 is 1.29 bits per heavy atom. The second-order valence-corrected chi connectivity index (χ2v) is 3.62. The third-order valence-corrected chi connectivity index (χ3v) is 2.14. The molecule has 0 saturated carbocycles. The van der Waals surface area contributed by atoms with Gasteiger partial charge in [0.2, 0.25) is 0 Å². The second kappa shape index (κ2) is 6.57. The van der Waals surface area contributed by atoms with Crippen LogP contribution in [-0.2, 0) is 11.3 Å². The predicted octanol–water partition coefficient (Wildman–Crippen LogP) is 2.22. The minimum atomic E-state index is 0.246. The fraction of sp³-hybridized carbons (Fsp3) is 0.500. The second-order valence-electron chi connectivity index (χ2n) is 3.62. The van der Waals surface area contributed by atoms with Crippen LogP contribution in [0.15, 0.2) is 30.3 Å². The Bertz CT molecular complexity index is 233. The van der Waals surface area contributed by atoms with Gasteiger partial charge in [0.1, 0.15) is 0 Å². The molecule has 0 aliphatic rings. The summed E-state index contributed by atoms with van der Waals surface area (Å²) in [6, 6.07) is 10.1. The molecule has 0 aliphatic heterocycles. The first-order valence-corrected chi connectivity index (χ1v) is 5.05. The van der Waals surface area contributed by atoms with Crippen LogP contribution in [0.1, 0.15) is 18.9 Å². The van der Waals surface area contributed by atoms with Crippen LogP contribution in [0.3, 0.4) is 0 Å². The molecule has 0 aliphatic carbocycles. The van der Waals surface area contributed by atoms with Crippen molar-refractivity contribution in [2.24, 2.45) is 5.92 Å². The molecule has 0 fully saturated rings. The molecule has 0 bridgehead atoms. The Hall–Kier alpha value is -0.860. The van der Waals surface area contributed by atoms with Crippen molar-refractivity contribution in [3.05, 3.63) is 35.9 Å². The van der Waals surface area contributed by atoms with E-state index in [4.69, 9.17) is 9.84 Å². The van der Waals surface area contributed by atoms with Crippen molar-refractivity contribution in [2.45, 2.75) is 20.0 Å². The van der Waals surface area contributed by atoms with Crippen LogP contribution in [0.4, 0.5) is 0 Å². The molecule has 78 valence electrons. The molecule has 0 aromatic heterocycles. The summed E-state index contributed by atoms with van der Waals surface area (Å²) in [7, 11) is 0. The van der Waals surface area contributed by atoms with E-state index in [-0.39, 0.29) is 6.61 Å². The number of benzene rings is 1. The Morgan fingerprint density at radius 2 is 2.00 bits per heavy atom. The van der Waals surface area contributed by atoms with Gasteiger partial charge in [-0.3, -0.25) is 0 Å². The van der Waals surface area contributed by atoms with Crippen LogP contribution in [0, 0.1) is 5.92 Å². The standard InChI is InChI=1S/C12H18O2/c1-11(7-8-13)9-14-10-12-5-3-2-4-6-12/h2-6,11,13H,7-10H2,1H3/t11-/m0/s1. The predicted molar refractivity (Wildman–Crippen MR) is 57.0 cm³/mol. The summed E-state index contributed by atoms with van der Waals surface area (Å²) in [4.78, 5) is 0. The van der Waals surface area contributed by atoms with Crippen LogP contribution in [-0.4, -0.2) is 18.3 Å². The highest BCUT2D eigenvalue weighted by atomic mass is 16.5. The van der Waals surface area contributed by atoms with Gasteiger partial charge in [-0.2, -0.15) is 0 Å². The minimum Gasteiger partial charge on any atom is -0.396 e. The van der Waals surface area contributed by atoms with E-state index in [0.29, 0.717) is 12.5 Å². The van der Waals surface area contributed by atoms with Crippen molar-refractivity contribution in [1.29, 1.82) is 0 Å². The van der Waals surface area contributed by atoms with Crippen LogP contribution >= 0.6 is 0 Å². The third-order valence-electron chi connectivity index (χ3n) is 2.14. The molecule has 1 aromatic carbocycles. The lowest BCUT2D eigenvalue weighted by molar-refractivity contribution is 0.0828. The van der Waals surface area contributed by atoms with E-state index >= 15 is 0 Å². The van der Waals surface area contributed by atoms with Gasteiger partial charge in [-0.05, 0) is 17.9 Å². The summed E-state index contributed by atoms with van der Waals surface area (Å²) in [5, 5.41) is 8.70. The first-order valence-electron chi connectivity index (χ1n) is 5.05. The molecule has 1 atom stereocenters. The van der Waals surface area contributed by atoms with Crippen LogP contribution in [0.2, 0.25) is 0 Å². The normalized spacial score (nSPS) is 12.7. The topological polar surface area (TPSA) is 29.5 Å². The van der Waals surface area contributed by atoms with E-state index in [1.54, 1.807) is 0 Å². The van der Waals surface area contributed by atoms with Gasteiger partial charge in [0.15, 0.2) is 0 Å². The van der Waals surface area contributed by atoms with Crippen molar-refractivity contribution in [3.63, 3.8) is 0 Å². The molecule has 0 spiro atoms. The zero-order chi connectivity index (χ0) is 10.2. The van der Waals surface area contributed by atoms with E-state index < -0.39 is 0 Å². The molecule has 0 amide bonds. The van der Waals surface area contributed by atoms with E-state index in [2.05, 4.69) is 19.1 Å². The van der Waals surface area contributed by atoms with E-state index in [1.165, 1.54) is 5.56 Å². The van der Waals surface area contributed by atoms with E-state index in [1.807, 2.05) is 18.2 Å². The zero-order valence-electron chi connectivity index (χ0n) is 8.65. The van der Waals surface area contributed by atoms with Crippen LogP contribution < -0.4 is 0 Å². The number of rotatable bonds is 6. The summed E-state index contributed by atoms with van der Waals surface area (Å²) in [6.07, 6.45) is 0.814. The summed E-state index contributed by atoms with van der Waals surface area (Å²) in [6.45, 7) is 3.71. The third kappa shape index (κ3) is 4.40. The van der Waals surface area contributed by atoms with E-state index in [9.17, 15) is 0 Å². The van der Waals surface area contributed by atoms with Gasteiger partial charge < -0.3 is 9.84 Å². The molecule has 0 radical (unpaired) electrons. The Labute approximate surface area is 85.5 Å². The molecule has 2 heteroatoms. The lowest BCUT2D eigenvalue weighted by Crippen LogP contribution is -2.07. The maximum atomic E-state index is 8.70. The van der Waals surface area contributed by atoms with E-state index in [0.717, 1.165) is 13.0 Å². The molecular formula is C12H18O2. The number of aliphatic hydroxyl groups excluding tert-OH is 1. The fourth-order valence-electron chi connectivity index (χ4n) is 1.26. The Morgan fingerprint density at radius 3 is 2.64 bits per heavy atom. The molecule has 0 heterocycles. The highest BCUT2D eigenvalue weighted by Crippen LogP contribution is 2.05. The van der Waals surface area contributed by atoms with Gasteiger partial charge in [0.05, 0.1) is 6.61 Å². The smallest absolute Gasteiger partial charge is 0.0717 e.